The first-order valence-electron chi connectivity index (χ1n) is 8.78. The summed E-state index contributed by atoms with van der Waals surface area (Å²) in [6.45, 7) is 6.77. The van der Waals surface area contributed by atoms with Gasteiger partial charge < -0.3 is 4.90 Å². The van der Waals surface area contributed by atoms with Gasteiger partial charge in [0.2, 0.25) is 0 Å². The van der Waals surface area contributed by atoms with E-state index in [4.69, 9.17) is 0 Å². The first-order chi connectivity index (χ1) is 10.2. The van der Waals surface area contributed by atoms with Crippen LogP contribution in [0.4, 0.5) is 0 Å². The molecule has 3 rings (SSSR count). The lowest BCUT2D eigenvalue weighted by Gasteiger charge is -2.47. The van der Waals surface area contributed by atoms with E-state index in [-0.39, 0.29) is 5.54 Å². The summed E-state index contributed by atoms with van der Waals surface area (Å²) in [4.78, 5) is 5.29. The Labute approximate surface area is 129 Å². The van der Waals surface area contributed by atoms with E-state index in [9.17, 15) is 5.26 Å². The van der Waals surface area contributed by atoms with Crippen LogP contribution in [0.2, 0.25) is 0 Å². The molecule has 0 radical (unpaired) electrons. The molecule has 118 valence electrons. The molecule has 3 aliphatic rings. The molecule has 0 bridgehead atoms. The highest BCUT2D eigenvalue weighted by atomic mass is 15.2. The summed E-state index contributed by atoms with van der Waals surface area (Å²) in [6.07, 6.45) is 7.30. The van der Waals surface area contributed by atoms with Crippen molar-refractivity contribution >= 4 is 0 Å². The average molecular weight is 290 g/mol. The maximum absolute atomic E-state index is 9.55. The summed E-state index contributed by atoms with van der Waals surface area (Å²) in [7, 11) is 2.30. The van der Waals surface area contributed by atoms with Gasteiger partial charge in [0.05, 0.1) is 6.07 Å². The number of hydrogen-bond acceptors (Lipinski definition) is 4. The molecule has 1 saturated carbocycles. The fourth-order valence-corrected chi connectivity index (χ4v) is 4.98. The molecule has 2 saturated heterocycles. The average Bonchev–Trinajstić information content (AvgIpc) is 2.92. The van der Waals surface area contributed by atoms with Crippen LogP contribution in [0.3, 0.4) is 0 Å². The Morgan fingerprint density at radius 1 is 1.29 bits per heavy atom. The lowest BCUT2D eigenvalue weighted by Crippen LogP contribution is -2.55. The van der Waals surface area contributed by atoms with Gasteiger partial charge in [-0.2, -0.15) is 5.26 Å². The number of fused-ring (bicyclic) bond motifs is 1. The molecule has 1 aliphatic carbocycles. The molecule has 0 amide bonds. The minimum absolute atomic E-state index is 0.250. The van der Waals surface area contributed by atoms with E-state index in [1.807, 2.05) is 0 Å². The summed E-state index contributed by atoms with van der Waals surface area (Å²) in [6, 6.07) is 4.00. The third kappa shape index (κ3) is 2.97. The number of likely N-dealkylation sites (tertiary alicyclic amines) is 2. The van der Waals surface area contributed by atoms with Crippen LogP contribution >= 0.6 is 0 Å². The minimum Gasteiger partial charge on any atom is -0.303 e. The van der Waals surface area contributed by atoms with Crippen molar-refractivity contribution in [1.82, 2.24) is 15.1 Å². The van der Waals surface area contributed by atoms with Crippen LogP contribution in [0, 0.1) is 17.2 Å². The normalized spacial score (nSPS) is 41.7. The van der Waals surface area contributed by atoms with Gasteiger partial charge in [-0.15, -0.1) is 0 Å². The van der Waals surface area contributed by atoms with Crippen molar-refractivity contribution in [2.75, 3.05) is 33.2 Å². The van der Waals surface area contributed by atoms with Gasteiger partial charge in [-0.05, 0) is 71.1 Å². The molecule has 21 heavy (non-hydrogen) atoms. The fourth-order valence-electron chi connectivity index (χ4n) is 4.98. The standard InChI is InChI=1S/C17H30N4/c1-3-19-17(13-18)8-6-15(11-17)21-10-7-16-14(12-21)5-4-9-20(16)2/h14-16,19H,3-12H2,1-2H3. The minimum atomic E-state index is -0.250. The Morgan fingerprint density at radius 2 is 2.14 bits per heavy atom. The summed E-state index contributed by atoms with van der Waals surface area (Å²) in [5.74, 6) is 0.855. The first kappa shape index (κ1) is 15.3. The van der Waals surface area contributed by atoms with Gasteiger partial charge in [0.25, 0.3) is 0 Å². The van der Waals surface area contributed by atoms with Crippen LogP contribution < -0.4 is 5.32 Å². The molecule has 1 N–H and O–H groups in total. The summed E-state index contributed by atoms with van der Waals surface area (Å²) in [5, 5.41) is 13.0. The van der Waals surface area contributed by atoms with Gasteiger partial charge in [0.15, 0.2) is 0 Å². The molecule has 0 spiro atoms. The smallest absolute Gasteiger partial charge is 0.108 e. The molecular formula is C17H30N4. The highest BCUT2D eigenvalue weighted by Gasteiger charge is 2.43. The SMILES string of the molecule is CCNC1(C#N)CCC(N2CCC3C(CCCN3C)C2)C1. The van der Waals surface area contributed by atoms with Gasteiger partial charge in [0, 0.05) is 18.6 Å². The molecule has 3 fully saturated rings. The van der Waals surface area contributed by atoms with Crippen LogP contribution in [-0.2, 0) is 0 Å². The number of nitrogens with zero attached hydrogens (tertiary/aromatic N) is 3. The van der Waals surface area contributed by atoms with E-state index in [1.165, 1.54) is 45.3 Å². The first-order valence-corrected chi connectivity index (χ1v) is 8.78. The number of hydrogen-bond donors (Lipinski definition) is 1. The topological polar surface area (TPSA) is 42.3 Å². The van der Waals surface area contributed by atoms with Crippen LogP contribution in [0.1, 0.15) is 45.4 Å². The molecule has 4 heteroatoms. The Kier molecular flexibility index (Phi) is 4.54. The summed E-state index contributed by atoms with van der Waals surface area (Å²) < 4.78 is 0. The number of nitrogens with one attached hydrogen (secondary N) is 1. The van der Waals surface area contributed by atoms with Crippen LogP contribution in [0.15, 0.2) is 0 Å². The largest absolute Gasteiger partial charge is 0.303 e. The summed E-state index contributed by atoms with van der Waals surface area (Å²) >= 11 is 0. The molecule has 4 atom stereocenters. The van der Waals surface area contributed by atoms with Crippen molar-refractivity contribution in [1.29, 1.82) is 5.26 Å². The molecular weight excluding hydrogens is 260 g/mol. The van der Waals surface area contributed by atoms with E-state index >= 15 is 0 Å². The van der Waals surface area contributed by atoms with E-state index < -0.39 is 0 Å². The molecule has 4 unspecified atom stereocenters. The number of piperidine rings is 2. The number of nitriles is 1. The Bertz CT molecular complexity index is 404. The van der Waals surface area contributed by atoms with Gasteiger partial charge in [-0.3, -0.25) is 10.2 Å². The molecule has 4 nitrogen and oxygen atoms in total. The Hall–Kier alpha value is -0.630. The monoisotopic (exact) mass is 290 g/mol. The summed E-state index contributed by atoms with van der Waals surface area (Å²) in [5.41, 5.74) is -0.250. The molecule has 0 aromatic heterocycles. The third-order valence-corrected chi connectivity index (χ3v) is 6.11. The molecule has 0 aromatic carbocycles. The quantitative estimate of drug-likeness (QED) is 0.861. The second kappa shape index (κ2) is 6.24. The zero-order chi connectivity index (χ0) is 14.9. The Morgan fingerprint density at radius 3 is 2.90 bits per heavy atom. The van der Waals surface area contributed by atoms with Crippen LogP contribution in [0.25, 0.3) is 0 Å². The molecule has 0 aromatic rings. The van der Waals surface area contributed by atoms with Crippen molar-refractivity contribution in [2.45, 2.75) is 63.1 Å². The lowest BCUT2D eigenvalue weighted by atomic mass is 9.83. The zero-order valence-corrected chi connectivity index (χ0v) is 13.6. The second-order valence-electron chi connectivity index (χ2n) is 7.35. The van der Waals surface area contributed by atoms with E-state index in [0.29, 0.717) is 6.04 Å². The van der Waals surface area contributed by atoms with Crippen LogP contribution in [0.5, 0.6) is 0 Å². The van der Waals surface area contributed by atoms with Gasteiger partial charge in [-0.1, -0.05) is 6.92 Å². The van der Waals surface area contributed by atoms with Crippen molar-refractivity contribution in [3.63, 3.8) is 0 Å². The van der Waals surface area contributed by atoms with Gasteiger partial charge in [0.1, 0.15) is 5.54 Å². The van der Waals surface area contributed by atoms with Crippen molar-refractivity contribution in [3.05, 3.63) is 0 Å². The second-order valence-corrected chi connectivity index (χ2v) is 7.35. The van der Waals surface area contributed by atoms with E-state index in [0.717, 1.165) is 31.3 Å². The fraction of sp³-hybridized carbons (Fsp3) is 0.941. The van der Waals surface area contributed by atoms with Gasteiger partial charge >= 0.3 is 0 Å². The van der Waals surface area contributed by atoms with E-state index in [2.05, 4.69) is 35.2 Å². The highest BCUT2D eigenvalue weighted by molar-refractivity contribution is 5.13. The molecule has 2 aliphatic heterocycles. The van der Waals surface area contributed by atoms with E-state index in [1.54, 1.807) is 0 Å². The van der Waals surface area contributed by atoms with Crippen molar-refractivity contribution < 1.29 is 0 Å². The van der Waals surface area contributed by atoms with Gasteiger partial charge in [-0.25, -0.2) is 0 Å². The Balaban J connectivity index is 1.61. The predicted octanol–water partition coefficient (Wildman–Crippen LogP) is 1.83. The van der Waals surface area contributed by atoms with Crippen molar-refractivity contribution in [3.8, 4) is 6.07 Å². The van der Waals surface area contributed by atoms with Crippen LogP contribution in [-0.4, -0.2) is 60.6 Å². The zero-order valence-electron chi connectivity index (χ0n) is 13.6. The maximum atomic E-state index is 9.55. The molecule has 2 heterocycles. The number of rotatable bonds is 3. The lowest BCUT2D eigenvalue weighted by molar-refractivity contribution is 0.0203. The maximum Gasteiger partial charge on any atom is 0.108 e. The third-order valence-electron chi connectivity index (χ3n) is 6.11. The highest BCUT2D eigenvalue weighted by Crippen LogP contribution is 2.37. The predicted molar refractivity (Wildman–Crippen MR) is 85.0 cm³/mol. The van der Waals surface area contributed by atoms with Crippen molar-refractivity contribution in [2.24, 2.45) is 5.92 Å².